The van der Waals surface area contributed by atoms with E-state index < -0.39 is 0 Å². The van der Waals surface area contributed by atoms with E-state index in [-0.39, 0.29) is 11.6 Å². The number of hydrogen-bond donors (Lipinski definition) is 0. The SMILES string of the molecule is C=CC12OC1(CCCC)O2. The summed E-state index contributed by atoms with van der Waals surface area (Å²) in [6.07, 6.45) is 5.15. The molecular weight excluding hydrogens is 128 g/mol. The molecule has 0 aliphatic carbocycles. The van der Waals surface area contributed by atoms with Crippen LogP contribution < -0.4 is 0 Å². The van der Waals surface area contributed by atoms with E-state index in [1.807, 2.05) is 0 Å². The molecule has 0 aromatic heterocycles. The monoisotopic (exact) mass is 140 g/mol. The summed E-state index contributed by atoms with van der Waals surface area (Å²) < 4.78 is 10.6. The summed E-state index contributed by atoms with van der Waals surface area (Å²) in [4.78, 5) is 0. The minimum Gasteiger partial charge on any atom is -0.303 e. The van der Waals surface area contributed by atoms with Crippen molar-refractivity contribution in [3.63, 3.8) is 0 Å². The molecule has 2 heterocycles. The van der Waals surface area contributed by atoms with Gasteiger partial charge in [-0.3, -0.25) is 0 Å². The fourth-order valence-electron chi connectivity index (χ4n) is 1.37. The van der Waals surface area contributed by atoms with Gasteiger partial charge in [0.05, 0.1) is 0 Å². The second-order valence-corrected chi connectivity index (χ2v) is 2.93. The van der Waals surface area contributed by atoms with Crippen LogP contribution in [-0.2, 0) is 9.47 Å². The highest BCUT2D eigenvalue weighted by molar-refractivity contribution is 5.26. The topological polar surface area (TPSA) is 25.1 Å². The molecular formula is C8H12O2. The molecule has 2 aliphatic rings. The Kier molecular flexibility index (Phi) is 1.04. The lowest BCUT2D eigenvalue weighted by Crippen LogP contribution is -1.97. The fraction of sp³-hybridized carbons (Fsp3) is 0.750. The molecule has 2 rings (SSSR count). The summed E-state index contributed by atoms with van der Waals surface area (Å²) in [5, 5.41) is 0. The maximum atomic E-state index is 5.29. The van der Waals surface area contributed by atoms with Crippen molar-refractivity contribution < 1.29 is 9.47 Å². The van der Waals surface area contributed by atoms with Crippen LogP contribution in [0.5, 0.6) is 0 Å². The molecule has 0 aromatic rings. The molecule has 0 N–H and O–H groups in total. The predicted molar refractivity (Wildman–Crippen MR) is 37.4 cm³/mol. The van der Waals surface area contributed by atoms with Crippen LogP contribution in [0.3, 0.4) is 0 Å². The summed E-state index contributed by atoms with van der Waals surface area (Å²) >= 11 is 0. The largest absolute Gasteiger partial charge is 0.303 e. The smallest absolute Gasteiger partial charge is 0.249 e. The van der Waals surface area contributed by atoms with Crippen molar-refractivity contribution in [2.75, 3.05) is 0 Å². The van der Waals surface area contributed by atoms with E-state index in [0.29, 0.717) is 0 Å². The molecule has 2 nitrogen and oxygen atoms in total. The lowest BCUT2D eigenvalue weighted by Gasteiger charge is -1.96. The molecule has 56 valence electrons. The average Bonchev–Trinajstić information content (AvgIpc) is 2.68. The maximum absolute atomic E-state index is 5.29. The van der Waals surface area contributed by atoms with Gasteiger partial charge in [0.2, 0.25) is 11.6 Å². The van der Waals surface area contributed by atoms with Gasteiger partial charge in [0.1, 0.15) is 0 Å². The highest BCUT2D eigenvalue weighted by Crippen LogP contribution is 2.70. The number of unbranched alkanes of at least 4 members (excludes halogenated alkanes) is 1. The quantitative estimate of drug-likeness (QED) is 0.439. The van der Waals surface area contributed by atoms with Crippen molar-refractivity contribution in [3.8, 4) is 0 Å². The first-order valence-electron chi connectivity index (χ1n) is 3.82. The minimum absolute atomic E-state index is 0.204. The molecule has 0 saturated carbocycles. The van der Waals surface area contributed by atoms with Gasteiger partial charge >= 0.3 is 0 Å². The zero-order chi connectivity index (χ0) is 7.24. The van der Waals surface area contributed by atoms with Crippen molar-refractivity contribution in [2.45, 2.75) is 37.8 Å². The number of ether oxygens (including phenoxy) is 2. The van der Waals surface area contributed by atoms with Crippen LogP contribution in [-0.4, -0.2) is 11.6 Å². The molecule has 10 heavy (non-hydrogen) atoms. The van der Waals surface area contributed by atoms with E-state index in [4.69, 9.17) is 9.47 Å². The normalized spacial score (nSPS) is 48.1. The third-order valence-electron chi connectivity index (χ3n) is 2.21. The van der Waals surface area contributed by atoms with Crippen molar-refractivity contribution in [1.82, 2.24) is 0 Å². The van der Waals surface area contributed by atoms with Gasteiger partial charge in [0.15, 0.2) is 0 Å². The third kappa shape index (κ3) is 0.559. The van der Waals surface area contributed by atoms with Crippen molar-refractivity contribution in [2.24, 2.45) is 0 Å². The fourth-order valence-corrected chi connectivity index (χ4v) is 1.37. The zero-order valence-electron chi connectivity index (χ0n) is 6.22. The summed E-state index contributed by atoms with van der Waals surface area (Å²) in [7, 11) is 0. The molecule has 0 radical (unpaired) electrons. The van der Waals surface area contributed by atoms with E-state index in [0.717, 1.165) is 6.42 Å². The summed E-state index contributed by atoms with van der Waals surface area (Å²) in [6, 6.07) is 0. The highest BCUT2D eigenvalue weighted by Gasteiger charge is 2.88. The lowest BCUT2D eigenvalue weighted by molar-refractivity contribution is -0.0812. The molecule has 2 aliphatic heterocycles. The Hall–Kier alpha value is -0.340. The Morgan fingerprint density at radius 1 is 1.50 bits per heavy atom. The average molecular weight is 140 g/mol. The van der Waals surface area contributed by atoms with Crippen molar-refractivity contribution in [1.29, 1.82) is 0 Å². The van der Waals surface area contributed by atoms with Crippen LogP contribution in [0.1, 0.15) is 26.2 Å². The highest BCUT2D eigenvalue weighted by atomic mass is 17.0. The Bertz CT molecular complexity index is 168. The van der Waals surface area contributed by atoms with Crippen molar-refractivity contribution in [3.05, 3.63) is 12.7 Å². The third-order valence-corrected chi connectivity index (χ3v) is 2.21. The van der Waals surface area contributed by atoms with E-state index in [1.165, 1.54) is 12.8 Å². The molecule has 0 atom stereocenters. The number of rotatable bonds is 4. The molecule has 2 heteroatoms. The predicted octanol–water partition coefficient (Wildman–Crippen LogP) is 1.82. The minimum atomic E-state index is -0.331. The second kappa shape index (κ2) is 1.63. The Morgan fingerprint density at radius 3 is 2.60 bits per heavy atom. The Balaban J connectivity index is 1.84. The Labute approximate surface area is 60.8 Å². The van der Waals surface area contributed by atoms with Crippen LogP contribution in [0.15, 0.2) is 12.7 Å². The van der Waals surface area contributed by atoms with Crippen LogP contribution in [0.25, 0.3) is 0 Å². The second-order valence-electron chi connectivity index (χ2n) is 2.93. The van der Waals surface area contributed by atoms with E-state index in [1.54, 1.807) is 6.08 Å². The van der Waals surface area contributed by atoms with Crippen LogP contribution >= 0.6 is 0 Å². The van der Waals surface area contributed by atoms with Gasteiger partial charge in [0, 0.05) is 6.42 Å². The molecule has 2 fully saturated rings. The van der Waals surface area contributed by atoms with Gasteiger partial charge in [0.25, 0.3) is 0 Å². The number of fused-ring (bicyclic) bond motifs is 1. The first kappa shape index (κ1) is 6.38. The molecule has 2 saturated heterocycles. The Morgan fingerprint density at radius 2 is 2.20 bits per heavy atom. The molecule has 0 spiro atoms. The van der Waals surface area contributed by atoms with Gasteiger partial charge in [-0.25, -0.2) is 0 Å². The first-order chi connectivity index (χ1) is 4.79. The van der Waals surface area contributed by atoms with E-state index in [2.05, 4.69) is 13.5 Å². The van der Waals surface area contributed by atoms with Crippen LogP contribution in [0.4, 0.5) is 0 Å². The summed E-state index contributed by atoms with van der Waals surface area (Å²) in [6.45, 7) is 5.80. The van der Waals surface area contributed by atoms with Crippen LogP contribution in [0.2, 0.25) is 0 Å². The van der Waals surface area contributed by atoms with Gasteiger partial charge in [-0.2, -0.15) is 0 Å². The number of epoxide rings is 2. The first-order valence-corrected chi connectivity index (χ1v) is 3.82. The summed E-state index contributed by atoms with van der Waals surface area (Å²) in [5.74, 6) is -0.535. The maximum Gasteiger partial charge on any atom is 0.249 e. The number of hydrogen-bond acceptors (Lipinski definition) is 2. The van der Waals surface area contributed by atoms with Gasteiger partial charge in [-0.1, -0.05) is 19.9 Å². The lowest BCUT2D eigenvalue weighted by atomic mass is 10.1. The standard InChI is InChI=1S/C8H12O2/c1-3-5-6-8-7(4-2,9-8)10-8/h4H,2-3,5-6H2,1H3. The van der Waals surface area contributed by atoms with Gasteiger partial charge < -0.3 is 9.47 Å². The van der Waals surface area contributed by atoms with Gasteiger partial charge in [-0.05, 0) is 12.5 Å². The molecule has 0 amide bonds. The van der Waals surface area contributed by atoms with E-state index in [9.17, 15) is 0 Å². The van der Waals surface area contributed by atoms with E-state index >= 15 is 0 Å². The van der Waals surface area contributed by atoms with Crippen molar-refractivity contribution >= 4 is 0 Å². The van der Waals surface area contributed by atoms with Crippen LogP contribution in [0, 0.1) is 0 Å². The molecule has 0 aromatic carbocycles. The molecule has 0 bridgehead atoms. The molecule has 0 unspecified atom stereocenters. The summed E-state index contributed by atoms with van der Waals surface area (Å²) in [5.41, 5.74) is 0. The zero-order valence-corrected chi connectivity index (χ0v) is 6.22. The van der Waals surface area contributed by atoms with Gasteiger partial charge in [-0.15, -0.1) is 0 Å².